The summed E-state index contributed by atoms with van der Waals surface area (Å²) in [5.41, 5.74) is 5.64. The number of amides is 1. The Hall–Kier alpha value is -2.70. The van der Waals surface area contributed by atoms with E-state index in [1.54, 1.807) is 7.11 Å². The van der Waals surface area contributed by atoms with Crippen molar-refractivity contribution in [3.8, 4) is 0 Å². The lowest BCUT2D eigenvalue weighted by Gasteiger charge is -2.26. The third-order valence-electron chi connectivity index (χ3n) is 5.47. The highest BCUT2D eigenvalue weighted by molar-refractivity contribution is 6.00. The predicted molar refractivity (Wildman–Crippen MR) is 111 cm³/mol. The molecule has 29 heavy (non-hydrogen) atoms. The lowest BCUT2D eigenvalue weighted by atomic mass is 9.87. The lowest BCUT2D eigenvalue weighted by molar-refractivity contribution is 0.0602. The van der Waals surface area contributed by atoms with E-state index in [-0.39, 0.29) is 11.9 Å². The quantitative estimate of drug-likeness (QED) is 0.623. The molecule has 1 aliphatic carbocycles. The number of fused-ring (bicyclic) bond motifs is 2. The van der Waals surface area contributed by atoms with Crippen LogP contribution in [0.1, 0.15) is 51.8 Å². The van der Waals surface area contributed by atoms with Gasteiger partial charge in [-0.3, -0.25) is 4.79 Å². The fourth-order valence-electron chi connectivity index (χ4n) is 4.01. The van der Waals surface area contributed by atoms with Gasteiger partial charge in [-0.2, -0.15) is 0 Å². The minimum atomic E-state index is -0.0847. The van der Waals surface area contributed by atoms with Crippen LogP contribution in [-0.4, -0.2) is 35.6 Å². The van der Waals surface area contributed by atoms with Crippen molar-refractivity contribution < 1.29 is 14.3 Å². The Morgan fingerprint density at radius 2 is 2.14 bits per heavy atom. The molecule has 0 saturated carbocycles. The Morgan fingerprint density at radius 3 is 3.00 bits per heavy atom. The van der Waals surface area contributed by atoms with Crippen LogP contribution in [0.3, 0.4) is 0 Å². The molecule has 0 radical (unpaired) electrons. The molecule has 0 aliphatic heterocycles. The van der Waals surface area contributed by atoms with Crippen LogP contribution in [0.4, 0.5) is 0 Å². The maximum atomic E-state index is 13.1. The Kier molecular flexibility index (Phi) is 5.92. The van der Waals surface area contributed by atoms with Crippen LogP contribution in [0.2, 0.25) is 0 Å². The Balaban J connectivity index is 1.56. The van der Waals surface area contributed by atoms with E-state index >= 15 is 0 Å². The van der Waals surface area contributed by atoms with Gasteiger partial charge in [-0.1, -0.05) is 24.3 Å². The average Bonchev–Trinajstić information content (AvgIpc) is 3.16. The largest absolute Gasteiger partial charge is 0.382 e. The van der Waals surface area contributed by atoms with Gasteiger partial charge in [0.25, 0.3) is 5.91 Å². The van der Waals surface area contributed by atoms with E-state index in [4.69, 9.17) is 9.47 Å². The zero-order valence-electron chi connectivity index (χ0n) is 17.0. The summed E-state index contributed by atoms with van der Waals surface area (Å²) in [6.07, 6.45) is 5.01. The van der Waals surface area contributed by atoms with E-state index in [2.05, 4.69) is 28.5 Å². The summed E-state index contributed by atoms with van der Waals surface area (Å²) in [6, 6.07) is 12.3. The van der Waals surface area contributed by atoms with Crippen molar-refractivity contribution in [2.24, 2.45) is 0 Å². The SMILES string of the molecule is COCCOCc1cc(C)n2ccc(C(=O)N[C@H]3CCCc4ccccc43)c2n1. The zero-order valence-corrected chi connectivity index (χ0v) is 17.0. The van der Waals surface area contributed by atoms with Crippen molar-refractivity contribution in [1.82, 2.24) is 14.7 Å². The number of ether oxygens (including phenoxy) is 2. The second-order valence-electron chi connectivity index (χ2n) is 7.47. The van der Waals surface area contributed by atoms with Crippen molar-refractivity contribution in [3.63, 3.8) is 0 Å². The normalized spacial score (nSPS) is 16.0. The highest BCUT2D eigenvalue weighted by Crippen LogP contribution is 2.30. The highest BCUT2D eigenvalue weighted by Gasteiger charge is 2.23. The number of methoxy groups -OCH3 is 1. The van der Waals surface area contributed by atoms with Crippen LogP contribution in [0.25, 0.3) is 5.65 Å². The van der Waals surface area contributed by atoms with E-state index in [1.807, 2.05) is 35.7 Å². The van der Waals surface area contributed by atoms with Gasteiger partial charge in [0.1, 0.15) is 5.65 Å². The Morgan fingerprint density at radius 1 is 1.28 bits per heavy atom. The zero-order chi connectivity index (χ0) is 20.2. The summed E-state index contributed by atoms with van der Waals surface area (Å²) >= 11 is 0. The van der Waals surface area contributed by atoms with Crippen molar-refractivity contribution in [3.05, 3.63) is 70.7 Å². The van der Waals surface area contributed by atoms with Crippen LogP contribution < -0.4 is 5.32 Å². The number of aryl methyl sites for hydroxylation is 2. The molecule has 0 saturated heterocycles. The molecule has 0 spiro atoms. The maximum absolute atomic E-state index is 13.1. The van der Waals surface area contributed by atoms with Crippen LogP contribution in [0, 0.1) is 6.92 Å². The van der Waals surface area contributed by atoms with Gasteiger partial charge >= 0.3 is 0 Å². The number of hydrogen-bond acceptors (Lipinski definition) is 4. The van der Waals surface area contributed by atoms with Gasteiger partial charge in [0, 0.05) is 19.0 Å². The molecular weight excluding hydrogens is 366 g/mol. The third-order valence-corrected chi connectivity index (χ3v) is 5.47. The number of benzene rings is 1. The van der Waals surface area contributed by atoms with Crippen molar-refractivity contribution in [1.29, 1.82) is 0 Å². The molecule has 1 N–H and O–H groups in total. The van der Waals surface area contributed by atoms with E-state index in [0.717, 1.165) is 30.7 Å². The first kappa shape index (κ1) is 19.6. The first-order chi connectivity index (χ1) is 14.2. The number of nitrogens with zero attached hydrogens (tertiary/aromatic N) is 2. The summed E-state index contributed by atoms with van der Waals surface area (Å²) in [5, 5.41) is 3.23. The molecule has 0 bridgehead atoms. The standard InChI is InChI=1S/C23H27N3O3/c1-16-14-18(15-29-13-12-28-2)24-22-20(10-11-26(16)22)23(27)25-21-9-5-7-17-6-3-4-8-19(17)21/h3-4,6,8,10-11,14,21H,5,7,9,12-13,15H2,1-2H3,(H,25,27)/t21-/m0/s1. The lowest BCUT2D eigenvalue weighted by Crippen LogP contribution is -2.31. The molecule has 152 valence electrons. The summed E-state index contributed by atoms with van der Waals surface area (Å²) in [5.74, 6) is -0.0847. The van der Waals surface area contributed by atoms with Crippen molar-refractivity contribution in [2.45, 2.75) is 38.8 Å². The molecule has 0 fully saturated rings. The summed E-state index contributed by atoms with van der Waals surface area (Å²) in [6.45, 7) is 3.45. The Labute approximate surface area is 170 Å². The summed E-state index contributed by atoms with van der Waals surface area (Å²) in [4.78, 5) is 17.8. The topological polar surface area (TPSA) is 64.9 Å². The molecule has 4 rings (SSSR count). The maximum Gasteiger partial charge on any atom is 0.255 e. The molecule has 1 atom stereocenters. The van der Waals surface area contributed by atoms with Gasteiger partial charge in [0.2, 0.25) is 0 Å². The molecule has 0 unspecified atom stereocenters. The van der Waals surface area contributed by atoms with Crippen LogP contribution in [0.5, 0.6) is 0 Å². The summed E-state index contributed by atoms with van der Waals surface area (Å²) in [7, 11) is 1.65. The van der Waals surface area contributed by atoms with Gasteiger partial charge in [0.15, 0.2) is 0 Å². The highest BCUT2D eigenvalue weighted by atomic mass is 16.5. The number of hydrogen-bond donors (Lipinski definition) is 1. The van der Waals surface area contributed by atoms with E-state index in [1.165, 1.54) is 11.1 Å². The van der Waals surface area contributed by atoms with E-state index in [9.17, 15) is 4.79 Å². The molecule has 2 aromatic heterocycles. The van der Waals surface area contributed by atoms with E-state index < -0.39 is 0 Å². The minimum absolute atomic E-state index is 0.0454. The fraction of sp³-hybridized carbons (Fsp3) is 0.391. The second kappa shape index (κ2) is 8.76. The fourth-order valence-corrected chi connectivity index (χ4v) is 4.01. The van der Waals surface area contributed by atoms with E-state index in [0.29, 0.717) is 31.0 Å². The van der Waals surface area contributed by atoms with Gasteiger partial charge in [-0.15, -0.1) is 0 Å². The van der Waals surface area contributed by atoms with Crippen molar-refractivity contribution >= 4 is 11.6 Å². The predicted octanol–water partition coefficient (Wildman–Crippen LogP) is 3.61. The average molecular weight is 393 g/mol. The summed E-state index contributed by atoms with van der Waals surface area (Å²) < 4.78 is 12.6. The van der Waals surface area contributed by atoms with Crippen LogP contribution >= 0.6 is 0 Å². The van der Waals surface area contributed by atoms with Gasteiger partial charge in [-0.25, -0.2) is 4.98 Å². The van der Waals surface area contributed by atoms with Crippen molar-refractivity contribution in [2.75, 3.05) is 20.3 Å². The number of rotatable bonds is 7. The molecular formula is C23H27N3O3. The number of carbonyl (C=O) groups is 1. The molecule has 6 nitrogen and oxygen atoms in total. The second-order valence-corrected chi connectivity index (χ2v) is 7.47. The molecule has 1 aliphatic rings. The first-order valence-electron chi connectivity index (χ1n) is 10.1. The smallest absolute Gasteiger partial charge is 0.255 e. The molecule has 2 heterocycles. The van der Waals surface area contributed by atoms with Gasteiger partial charge < -0.3 is 19.2 Å². The van der Waals surface area contributed by atoms with Crippen LogP contribution in [0.15, 0.2) is 42.6 Å². The molecule has 6 heteroatoms. The minimum Gasteiger partial charge on any atom is -0.382 e. The number of nitrogens with one attached hydrogen (secondary N) is 1. The molecule has 3 aromatic rings. The third kappa shape index (κ3) is 4.18. The number of aromatic nitrogens is 2. The monoisotopic (exact) mass is 393 g/mol. The molecule has 1 amide bonds. The van der Waals surface area contributed by atoms with Crippen LogP contribution in [-0.2, 0) is 22.5 Å². The number of carbonyl (C=O) groups excluding carboxylic acids is 1. The van der Waals surface area contributed by atoms with Gasteiger partial charge in [-0.05, 0) is 49.4 Å². The van der Waals surface area contributed by atoms with Gasteiger partial charge in [0.05, 0.1) is 37.1 Å². The first-order valence-corrected chi connectivity index (χ1v) is 10.1. The Bertz CT molecular complexity index is 1010. The molecule has 1 aromatic carbocycles.